The zero-order valence-electron chi connectivity index (χ0n) is 12.6. The fourth-order valence-electron chi connectivity index (χ4n) is 2.17. The van der Waals surface area contributed by atoms with Crippen LogP contribution in [0.4, 0.5) is 5.69 Å². The van der Waals surface area contributed by atoms with E-state index in [0.29, 0.717) is 22.2 Å². The molecular formula is C16H12Cl3N3O3. The van der Waals surface area contributed by atoms with Gasteiger partial charge in [-0.3, -0.25) is 4.79 Å². The maximum absolute atomic E-state index is 12.5. The van der Waals surface area contributed by atoms with Crippen LogP contribution in [0.1, 0.15) is 11.9 Å². The molecular weight excluding hydrogens is 389 g/mol. The van der Waals surface area contributed by atoms with Crippen LogP contribution in [0.2, 0.25) is 15.1 Å². The molecule has 0 amide bonds. The number of aliphatic hydroxyl groups is 1. The number of benzene rings is 1. The van der Waals surface area contributed by atoms with E-state index in [1.807, 2.05) is 0 Å². The second kappa shape index (κ2) is 7.49. The Morgan fingerprint density at radius 2 is 2.08 bits per heavy atom. The van der Waals surface area contributed by atoms with Crippen LogP contribution in [0, 0.1) is 0 Å². The lowest BCUT2D eigenvalue weighted by Crippen LogP contribution is -2.23. The number of hydrogen-bond donors (Lipinski definition) is 2. The molecule has 0 bridgehead atoms. The number of furan rings is 1. The van der Waals surface area contributed by atoms with Gasteiger partial charge in [0.25, 0.3) is 5.56 Å². The third kappa shape index (κ3) is 3.82. The van der Waals surface area contributed by atoms with Crippen molar-refractivity contribution in [1.82, 2.24) is 9.78 Å². The van der Waals surface area contributed by atoms with E-state index in [9.17, 15) is 9.90 Å². The maximum Gasteiger partial charge on any atom is 0.292 e. The monoisotopic (exact) mass is 399 g/mol. The number of halogens is 3. The molecule has 2 aromatic heterocycles. The van der Waals surface area contributed by atoms with Gasteiger partial charge >= 0.3 is 0 Å². The summed E-state index contributed by atoms with van der Waals surface area (Å²) in [6, 6.07) is 7.99. The number of nitrogens with one attached hydrogen (secondary N) is 1. The van der Waals surface area contributed by atoms with Crippen LogP contribution >= 0.6 is 34.8 Å². The first-order valence-electron chi connectivity index (χ1n) is 7.16. The SMILES string of the molecule is O=c1c(Cl)c(NCC(O)c2ccco2)cnn1-c1ccc(Cl)cc1Cl. The second-order valence-corrected chi connectivity index (χ2v) is 6.32. The van der Waals surface area contributed by atoms with Gasteiger partial charge in [-0.1, -0.05) is 34.8 Å². The molecule has 6 nitrogen and oxygen atoms in total. The van der Waals surface area contributed by atoms with Crippen LogP contribution in [0.25, 0.3) is 5.69 Å². The van der Waals surface area contributed by atoms with Gasteiger partial charge < -0.3 is 14.8 Å². The van der Waals surface area contributed by atoms with Crippen LogP contribution in [0.15, 0.2) is 52.0 Å². The van der Waals surface area contributed by atoms with Crippen LogP contribution in [-0.4, -0.2) is 21.4 Å². The van der Waals surface area contributed by atoms with E-state index < -0.39 is 11.7 Å². The topological polar surface area (TPSA) is 80.3 Å². The van der Waals surface area contributed by atoms with Gasteiger partial charge in [-0.2, -0.15) is 9.78 Å². The van der Waals surface area contributed by atoms with Gasteiger partial charge in [0, 0.05) is 11.6 Å². The fraction of sp³-hybridized carbons (Fsp3) is 0.125. The van der Waals surface area contributed by atoms with Gasteiger partial charge in [-0.05, 0) is 30.3 Å². The Bertz CT molecular complexity index is 942. The van der Waals surface area contributed by atoms with Crippen LogP contribution in [0.5, 0.6) is 0 Å². The van der Waals surface area contributed by atoms with Crippen molar-refractivity contribution in [2.75, 3.05) is 11.9 Å². The predicted octanol–water partition coefficient (Wildman–Crippen LogP) is 3.93. The zero-order valence-corrected chi connectivity index (χ0v) is 14.9. The lowest BCUT2D eigenvalue weighted by Gasteiger charge is -2.13. The summed E-state index contributed by atoms with van der Waals surface area (Å²) < 4.78 is 6.19. The first kappa shape index (κ1) is 17.8. The molecule has 1 unspecified atom stereocenters. The Kier molecular flexibility index (Phi) is 5.34. The number of anilines is 1. The fourth-order valence-corrected chi connectivity index (χ4v) is 2.85. The average Bonchev–Trinajstić information content (AvgIpc) is 3.11. The van der Waals surface area contributed by atoms with E-state index in [4.69, 9.17) is 39.2 Å². The highest BCUT2D eigenvalue weighted by Gasteiger charge is 2.15. The molecule has 2 heterocycles. The van der Waals surface area contributed by atoms with E-state index in [0.717, 1.165) is 4.68 Å². The number of hydrogen-bond acceptors (Lipinski definition) is 5. The number of aliphatic hydroxyl groups excluding tert-OH is 1. The van der Waals surface area contributed by atoms with Gasteiger partial charge in [0.15, 0.2) is 0 Å². The van der Waals surface area contributed by atoms with Gasteiger partial charge in [-0.25, -0.2) is 0 Å². The Balaban J connectivity index is 1.84. The summed E-state index contributed by atoms with van der Waals surface area (Å²) in [6.07, 6.45) is 1.95. The number of rotatable bonds is 5. The molecule has 9 heteroatoms. The smallest absolute Gasteiger partial charge is 0.292 e. The van der Waals surface area contributed by atoms with Crippen LogP contribution in [-0.2, 0) is 0 Å². The Morgan fingerprint density at radius 1 is 1.28 bits per heavy atom. The maximum atomic E-state index is 12.5. The quantitative estimate of drug-likeness (QED) is 0.678. The third-order valence-electron chi connectivity index (χ3n) is 3.41. The molecule has 3 aromatic rings. The largest absolute Gasteiger partial charge is 0.467 e. The molecule has 1 aromatic carbocycles. The van der Waals surface area contributed by atoms with Crippen LogP contribution in [0.3, 0.4) is 0 Å². The molecule has 0 aliphatic heterocycles. The molecule has 130 valence electrons. The molecule has 0 aliphatic rings. The molecule has 0 saturated heterocycles. The molecule has 1 atom stereocenters. The van der Waals surface area contributed by atoms with E-state index in [2.05, 4.69) is 10.4 Å². The van der Waals surface area contributed by atoms with E-state index in [-0.39, 0.29) is 16.6 Å². The van der Waals surface area contributed by atoms with Gasteiger partial charge in [0.05, 0.1) is 28.9 Å². The molecule has 0 radical (unpaired) electrons. The minimum Gasteiger partial charge on any atom is -0.467 e. The Hall–Kier alpha value is -1.99. The normalized spacial score (nSPS) is 12.2. The van der Waals surface area contributed by atoms with Crippen molar-refractivity contribution < 1.29 is 9.52 Å². The lowest BCUT2D eigenvalue weighted by atomic mass is 10.2. The summed E-state index contributed by atoms with van der Waals surface area (Å²) in [4.78, 5) is 12.5. The van der Waals surface area contributed by atoms with Gasteiger partial charge in [0.2, 0.25) is 0 Å². The minimum absolute atomic E-state index is 0.0762. The Morgan fingerprint density at radius 3 is 2.76 bits per heavy atom. The van der Waals surface area contributed by atoms with Crippen molar-refractivity contribution in [2.45, 2.75) is 6.10 Å². The van der Waals surface area contributed by atoms with Crippen molar-refractivity contribution in [3.8, 4) is 5.69 Å². The number of aromatic nitrogens is 2. The first-order chi connectivity index (χ1) is 12.0. The molecule has 0 spiro atoms. The van der Waals surface area contributed by atoms with E-state index >= 15 is 0 Å². The summed E-state index contributed by atoms with van der Waals surface area (Å²) in [5.41, 5.74) is 0.0992. The highest BCUT2D eigenvalue weighted by atomic mass is 35.5. The second-order valence-electron chi connectivity index (χ2n) is 5.10. The molecule has 2 N–H and O–H groups in total. The van der Waals surface area contributed by atoms with Crippen molar-refractivity contribution in [3.05, 3.63) is 74.0 Å². The minimum atomic E-state index is -0.890. The van der Waals surface area contributed by atoms with Crippen molar-refractivity contribution in [2.24, 2.45) is 0 Å². The molecule has 3 rings (SSSR count). The lowest BCUT2D eigenvalue weighted by molar-refractivity contribution is 0.162. The summed E-state index contributed by atoms with van der Waals surface area (Å²) >= 11 is 18.1. The highest BCUT2D eigenvalue weighted by molar-refractivity contribution is 6.36. The third-order valence-corrected chi connectivity index (χ3v) is 4.32. The standard InChI is InChI=1S/C16H12Cl3N3O3/c17-9-3-4-12(10(18)6-9)22-16(24)15(19)11(7-21-22)20-8-13(23)14-2-1-5-25-14/h1-7,13,20,23H,8H2. The molecule has 0 fully saturated rings. The van der Waals surface area contributed by atoms with E-state index in [1.54, 1.807) is 24.3 Å². The average molecular weight is 401 g/mol. The van der Waals surface area contributed by atoms with E-state index in [1.165, 1.54) is 18.5 Å². The van der Waals surface area contributed by atoms with Crippen LogP contribution < -0.4 is 10.9 Å². The number of nitrogens with zero attached hydrogens (tertiary/aromatic N) is 2. The predicted molar refractivity (Wildman–Crippen MR) is 97.0 cm³/mol. The molecule has 0 aliphatic carbocycles. The summed E-state index contributed by atoms with van der Waals surface area (Å²) in [6.45, 7) is 0.0973. The van der Waals surface area contributed by atoms with Gasteiger partial charge in [0.1, 0.15) is 16.9 Å². The van der Waals surface area contributed by atoms with Crippen molar-refractivity contribution >= 4 is 40.5 Å². The Labute approximate surface area is 157 Å². The van der Waals surface area contributed by atoms with Crippen molar-refractivity contribution in [3.63, 3.8) is 0 Å². The van der Waals surface area contributed by atoms with Crippen molar-refractivity contribution in [1.29, 1.82) is 0 Å². The first-order valence-corrected chi connectivity index (χ1v) is 8.29. The zero-order chi connectivity index (χ0) is 18.0. The molecule has 25 heavy (non-hydrogen) atoms. The van der Waals surface area contributed by atoms with Gasteiger partial charge in [-0.15, -0.1) is 0 Å². The molecule has 0 saturated carbocycles. The summed E-state index contributed by atoms with van der Waals surface area (Å²) in [5, 5.41) is 17.6. The highest BCUT2D eigenvalue weighted by Crippen LogP contribution is 2.24. The summed E-state index contributed by atoms with van der Waals surface area (Å²) in [7, 11) is 0. The summed E-state index contributed by atoms with van der Waals surface area (Å²) in [5.74, 6) is 0.401.